The van der Waals surface area contributed by atoms with Gasteiger partial charge in [0.25, 0.3) is 0 Å². The van der Waals surface area contributed by atoms with Crippen LogP contribution >= 0.6 is 0 Å². The number of fused-ring (bicyclic) bond motifs is 5. The zero-order valence-corrected chi connectivity index (χ0v) is 13.5. The molecule has 0 unspecified atom stereocenters. The lowest BCUT2D eigenvalue weighted by molar-refractivity contribution is 0.723. The third kappa shape index (κ3) is 2.12. The highest BCUT2D eigenvalue weighted by Gasteiger charge is 2.43. The molecule has 2 atom stereocenters. The number of aromatic nitrogens is 2. The highest BCUT2D eigenvalue weighted by molar-refractivity contribution is 5.57. The standard InChI is InChI=1S/C19H22N4/c1-2-20-17-10-18(22-19(21-17)12-7-8-12)23-11-13-9-16(23)15-6-4-3-5-14(13)15/h3-6,10,12-13,16H,2,7-9,11H2,1H3,(H,20,21,22)/t13-,16+/m1/s1. The molecular formula is C19H22N4. The predicted molar refractivity (Wildman–Crippen MR) is 92.1 cm³/mol. The van der Waals surface area contributed by atoms with Crippen molar-refractivity contribution in [1.82, 2.24) is 9.97 Å². The van der Waals surface area contributed by atoms with Gasteiger partial charge in [0.15, 0.2) is 0 Å². The van der Waals surface area contributed by atoms with E-state index in [-0.39, 0.29) is 0 Å². The van der Waals surface area contributed by atoms with Crippen LogP contribution in [-0.2, 0) is 0 Å². The van der Waals surface area contributed by atoms with Crippen molar-refractivity contribution in [2.75, 3.05) is 23.3 Å². The molecule has 1 aromatic heterocycles. The molecule has 5 rings (SSSR count). The largest absolute Gasteiger partial charge is 0.370 e. The van der Waals surface area contributed by atoms with Crippen LogP contribution in [0.1, 0.15) is 61.0 Å². The van der Waals surface area contributed by atoms with Gasteiger partial charge in [-0.1, -0.05) is 24.3 Å². The smallest absolute Gasteiger partial charge is 0.136 e. The second kappa shape index (κ2) is 4.95. The van der Waals surface area contributed by atoms with Gasteiger partial charge in [0, 0.05) is 31.0 Å². The molecule has 1 saturated heterocycles. The second-order valence-corrected chi connectivity index (χ2v) is 7.00. The van der Waals surface area contributed by atoms with Crippen LogP contribution in [0.25, 0.3) is 0 Å². The van der Waals surface area contributed by atoms with E-state index in [1.807, 2.05) is 0 Å². The van der Waals surface area contributed by atoms with Gasteiger partial charge in [0.05, 0.1) is 6.04 Å². The van der Waals surface area contributed by atoms with E-state index in [2.05, 4.69) is 47.5 Å². The van der Waals surface area contributed by atoms with Crippen LogP contribution in [0.15, 0.2) is 30.3 Å². The lowest BCUT2D eigenvalue weighted by Crippen LogP contribution is -2.28. The highest BCUT2D eigenvalue weighted by Crippen LogP contribution is 2.51. The van der Waals surface area contributed by atoms with E-state index in [1.165, 1.54) is 24.8 Å². The molecule has 1 saturated carbocycles. The van der Waals surface area contributed by atoms with Gasteiger partial charge in [0.1, 0.15) is 17.5 Å². The van der Waals surface area contributed by atoms with E-state index < -0.39 is 0 Å². The molecule has 4 nitrogen and oxygen atoms in total. The quantitative estimate of drug-likeness (QED) is 0.932. The minimum absolute atomic E-state index is 0.493. The SMILES string of the molecule is CCNc1cc(N2C[C@H]3C[C@H]2c2ccccc23)nc(C2CC2)n1. The minimum Gasteiger partial charge on any atom is -0.370 e. The molecule has 0 spiro atoms. The number of hydrogen-bond acceptors (Lipinski definition) is 4. The van der Waals surface area contributed by atoms with Gasteiger partial charge in [-0.3, -0.25) is 0 Å². The van der Waals surface area contributed by atoms with Crippen LogP contribution in [0.3, 0.4) is 0 Å². The molecule has 4 heteroatoms. The first-order valence-electron chi connectivity index (χ1n) is 8.82. The van der Waals surface area contributed by atoms with Gasteiger partial charge in [-0.05, 0) is 37.3 Å². The van der Waals surface area contributed by atoms with Crippen molar-refractivity contribution in [2.24, 2.45) is 0 Å². The van der Waals surface area contributed by atoms with Gasteiger partial charge >= 0.3 is 0 Å². The Balaban J connectivity index is 1.53. The maximum Gasteiger partial charge on any atom is 0.136 e. The summed E-state index contributed by atoms with van der Waals surface area (Å²) >= 11 is 0. The summed E-state index contributed by atoms with van der Waals surface area (Å²) in [5.41, 5.74) is 3.05. The average molecular weight is 306 g/mol. The first kappa shape index (κ1) is 13.3. The number of hydrogen-bond donors (Lipinski definition) is 1. The Bertz CT molecular complexity index is 753. The van der Waals surface area contributed by atoms with Gasteiger partial charge in [0.2, 0.25) is 0 Å². The van der Waals surface area contributed by atoms with Crippen molar-refractivity contribution in [3.63, 3.8) is 0 Å². The summed E-state index contributed by atoms with van der Waals surface area (Å²) in [6, 6.07) is 11.6. The second-order valence-electron chi connectivity index (χ2n) is 7.00. The van der Waals surface area contributed by atoms with E-state index >= 15 is 0 Å². The Morgan fingerprint density at radius 3 is 2.74 bits per heavy atom. The summed E-state index contributed by atoms with van der Waals surface area (Å²) in [5.74, 6) is 4.38. The molecule has 1 aromatic carbocycles. The zero-order valence-electron chi connectivity index (χ0n) is 13.5. The first-order chi connectivity index (χ1) is 11.3. The number of nitrogens with one attached hydrogen (secondary N) is 1. The summed E-state index contributed by atoms with van der Waals surface area (Å²) < 4.78 is 0. The zero-order chi connectivity index (χ0) is 15.4. The summed E-state index contributed by atoms with van der Waals surface area (Å²) in [7, 11) is 0. The monoisotopic (exact) mass is 306 g/mol. The molecule has 23 heavy (non-hydrogen) atoms. The Hall–Kier alpha value is -2.10. The van der Waals surface area contributed by atoms with Crippen molar-refractivity contribution in [2.45, 2.75) is 44.1 Å². The summed E-state index contributed by atoms with van der Waals surface area (Å²) in [4.78, 5) is 12.1. The molecule has 118 valence electrons. The molecule has 2 aromatic rings. The molecule has 0 radical (unpaired) electrons. The van der Waals surface area contributed by atoms with E-state index in [0.717, 1.165) is 30.5 Å². The van der Waals surface area contributed by atoms with Crippen molar-refractivity contribution in [3.05, 3.63) is 47.3 Å². The fraction of sp³-hybridized carbons (Fsp3) is 0.474. The van der Waals surface area contributed by atoms with Crippen molar-refractivity contribution >= 4 is 11.6 Å². The third-order valence-corrected chi connectivity index (χ3v) is 5.42. The molecule has 1 N–H and O–H groups in total. The van der Waals surface area contributed by atoms with Crippen LogP contribution in [0.2, 0.25) is 0 Å². The predicted octanol–water partition coefficient (Wildman–Crippen LogP) is 3.83. The summed E-state index contributed by atoms with van der Waals surface area (Å²) in [5, 5.41) is 3.38. The Morgan fingerprint density at radius 2 is 1.96 bits per heavy atom. The molecule has 0 amide bonds. The van der Waals surface area contributed by atoms with E-state index in [0.29, 0.717) is 17.9 Å². The van der Waals surface area contributed by atoms with Crippen LogP contribution < -0.4 is 10.2 Å². The molecular weight excluding hydrogens is 284 g/mol. The summed E-state index contributed by atoms with van der Waals surface area (Å²) in [6.07, 6.45) is 3.71. The number of anilines is 2. The third-order valence-electron chi connectivity index (χ3n) is 5.42. The maximum atomic E-state index is 4.93. The fourth-order valence-electron chi connectivity index (χ4n) is 4.19. The topological polar surface area (TPSA) is 41.0 Å². The van der Waals surface area contributed by atoms with E-state index in [4.69, 9.17) is 9.97 Å². The number of rotatable bonds is 4. The molecule has 2 fully saturated rings. The first-order valence-corrected chi connectivity index (χ1v) is 8.82. The average Bonchev–Trinajstić information content (AvgIpc) is 3.26. The molecule has 3 aliphatic rings. The van der Waals surface area contributed by atoms with Crippen molar-refractivity contribution in [3.8, 4) is 0 Å². The lowest BCUT2D eigenvalue weighted by Gasteiger charge is -2.30. The number of benzene rings is 1. The molecule has 2 bridgehead atoms. The van der Waals surface area contributed by atoms with Crippen molar-refractivity contribution < 1.29 is 0 Å². The molecule has 1 aliphatic heterocycles. The van der Waals surface area contributed by atoms with Crippen LogP contribution in [0, 0.1) is 0 Å². The Labute approximate surface area is 137 Å². The molecule has 2 heterocycles. The van der Waals surface area contributed by atoms with Crippen LogP contribution in [0.4, 0.5) is 11.6 Å². The van der Waals surface area contributed by atoms with Crippen LogP contribution in [-0.4, -0.2) is 23.1 Å². The fourth-order valence-corrected chi connectivity index (χ4v) is 4.19. The van der Waals surface area contributed by atoms with E-state index in [1.54, 1.807) is 5.56 Å². The van der Waals surface area contributed by atoms with Gasteiger partial charge < -0.3 is 10.2 Å². The Kier molecular flexibility index (Phi) is 2.87. The van der Waals surface area contributed by atoms with Gasteiger partial charge in [-0.15, -0.1) is 0 Å². The van der Waals surface area contributed by atoms with E-state index in [9.17, 15) is 0 Å². The summed E-state index contributed by atoms with van der Waals surface area (Å²) in [6.45, 7) is 4.11. The molecule has 2 aliphatic carbocycles. The number of nitrogens with zero attached hydrogens (tertiary/aromatic N) is 3. The van der Waals surface area contributed by atoms with Crippen LogP contribution in [0.5, 0.6) is 0 Å². The minimum atomic E-state index is 0.493. The maximum absolute atomic E-state index is 4.93. The van der Waals surface area contributed by atoms with Gasteiger partial charge in [-0.2, -0.15) is 0 Å². The van der Waals surface area contributed by atoms with Gasteiger partial charge in [-0.25, -0.2) is 9.97 Å². The normalized spacial score (nSPS) is 24.8. The lowest BCUT2D eigenvalue weighted by atomic mass is 9.99. The van der Waals surface area contributed by atoms with Crippen molar-refractivity contribution in [1.29, 1.82) is 0 Å². The highest BCUT2D eigenvalue weighted by atomic mass is 15.3. The Morgan fingerprint density at radius 1 is 1.13 bits per heavy atom.